The van der Waals surface area contributed by atoms with Gasteiger partial charge in [0, 0.05) is 25.7 Å². The molecule has 4 heteroatoms. The third-order valence-corrected chi connectivity index (χ3v) is 3.43. The largest absolute Gasteiger partial charge is 0.495 e. The lowest BCUT2D eigenvalue weighted by atomic mass is 10.1. The second-order valence-corrected chi connectivity index (χ2v) is 4.59. The maximum atomic E-state index is 9.22. The van der Waals surface area contributed by atoms with Crippen LogP contribution in [0.4, 0.5) is 5.69 Å². The Balaban J connectivity index is 2.25. The standard InChI is InChI=1S/C14H22N2O2/c1-18-14-6-3-2-5-13(14)16-9-4-8-15-11-12(16)7-10-17/h2-3,5-6,12,15,17H,4,7-11H2,1H3. The van der Waals surface area contributed by atoms with Gasteiger partial charge < -0.3 is 20.1 Å². The number of methoxy groups -OCH3 is 1. The molecule has 1 aromatic carbocycles. The quantitative estimate of drug-likeness (QED) is 0.844. The van der Waals surface area contributed by atoms with Crippen LogP contribution in [0.15, 0.2) is 24.3 Å². The number of benzene rings is 1. The molecule has 0 bridgehead atoms. The highest BCUT2D eigenvalue weighted by Crippen LogP contribution is 2.30. The Bertz CT molecular complexity index is 371. The molecule has 0 aliphatic carbocycles. The maximum Gasteiger partial charge on any atom is 0.142 e. The van der Waals surface area contributed by atoms with Crippen molar-refractivity contribution in [2.75, 3.05) is 38.3 Å². The Morgan fingerprint density at radius 1 is 1.44 bits per heavy atom. The maximum absolute atomic E-state index is 9.22. The molecular formula is C14H22N2O2. The lowest BCUT2D eigenvalue weighted by molar-refractivity contribution is 0.272. The second kappa shape index (κ2) is 6.61. The Morgan fingerprint density at radius 2 is 2.28 bits per heavy atom. The summed E-state index contributed by atoms with van der Waals surface area (Å²) in [6.45, 7) is 3.17. The van der Waals surface area contributed by atoms with Crippen molar-refractivity contribution in [2.24, 2.45) is 0 Å². The number of aliphatic hydroxyl groups is 1. The number of anilines is 1. The van der Waals surface area contributed by atoms with E-state index in [9.17, 15) is 5.11 Å². The number of nitrogens with zero attached hydrogens (tertiary/aromatic N) is 1. The number of rotatable bonds is 4. The molecule has 1 fully saturated rings. The SMILES string of the molecule is COc1ccccc1N1CCCNCC1CCO. The Hall–Kier alpha value is -1.26. The van der Waals surface area contributed by atoms with Gasteiger partial charge in [-0.1, -0.05) is 12.1 Å². The Kier molecular flexibility index (Phi) is 4.84. The van der Waals surface area contributed by atoms with Crippen molar-refractivity contribution in [3.8, 4) is 5.75 Å². The molecule has 0 saturated carbocycles. The highest BCUT2D eigenvalue weighted by Gasteiger charge is 2.22. The van der Waals surface area contributed by atoms with E-state index in [0.717, 1.165) is 43.9 Å². The van der Waals surface area contributed by atoms with Gasteiger partial charge in [-0.25, -0.2) is 0 Å². The molecule has 1 heterocycles. The van der Waals surface area contributed by atoms with Gasteiger partial charge in [0.2, 0.25) is 0 Å². The minimum absolute atomic E-state index is 0.220. The van der Waals surface area contributed by atoms with E-state index in [1.807, 2.05) is 18.2 Å². The average molecular weight is 250 g/mol. The monoisotopic (exact) mass is 250 g/mol. The number of ether oxygens (including phenoxy) is 1. The van der Waals surface area contributed by atoms with Crippen molar-refractivity contribution in [3.63, 3.8) is 0 Å². The minimum Gasteiger partial charge on any atom is -0.495 e. The molecule has 1 aromatic rings. The van der Waals surface area contributed by atoms with Crippen LogP contribution < -0.4 is 15.0 Å². The van der Waals surface area contributed by atoms with Crippen LogP contribution >= 0.6 is 0 Å². The molecule has 1 unspecified atom stereocenters. The van der Waals surface area contributed by atoms with Gasteiger partial charge >= 0.3 is 0 Å². The van der Waals surface area contributed by atoms with E-state index in [1.54, 1.807) is 7.11 Å². The fourth-order valence-electron chi connectivity index (χ4n) is 2.53. The first kappa shape index (κ1) is 13.2. The van der Waals surface area contributed by atoms with E-state index >= 15 is 0 Å². The zero-order valence-electron chi connectivity index (χ0n) is 10.9. The molecular weight excluding hydrogens is 228 g/mol. The molecule has 2 rings (SSSR count). The molecule has 18 heavy (non-hydrogen) atoms. The van der Waals surface area contributed by atoms with Gasteiger partial charge in [-0.05, 0) is 31.5 Å². The summed E-state index contributed by atoms with van der Waals surface area (Å²) in [6.07, 6.45) is 1.89. The van der Waals surface area contributed by atoms with E-state index in [-0.39, 0.29) is 6.61 Å². The number of hydrogen-bond donors (Lipinski definition) is 2. The molecule has 1 atom stereocenters. The van der Waals surface area contributed by atoms with Crippen LogP contribution in [0.5, 0.6) is 5.75 Å². The predicted octanol–water partition coefficient (Wildman–Crippen LogP) is 1.25. The summed E-state index contributed by atoms with van der Waals surface area (Å²) in [5.41, 5.74) is 1.13. The van der Waals surface area contributed by atoms with E-state index in [0.29, 0.717) is 6.04 Å². The van der Waals surface area contributed by atoms with Crippen molar-refractivity contribution >= 4 is 5.69 Å². The van der Waals surface area contributed by atoms with Crippen LogP contribution in [0, 0.1) is 0 Å². The van der Waals surface area contributed by atoms with Crippen LogP contribution in [0.3, 0.4) is 0 Å². The van der Waals surface area contributed by atoms with Crippen molar-refractivity contribution < 1.29 is 9.84 Å². The van der Waals surface area contributed by atoms with Gasteiger partial charge in [0.05, 0.1) is 12.8 Å². The minimum atomic E-state index is 0.220. The lowest BCUT2D eigenvalue weighted by Gasteiger charge is -2.32. The molecule has 0 spiro atoms. The first-order chi connectivity index (χ1) is 8.86. The summed E-state index contributed by atoms with van der Waals surface area (Å²) in [6, 6.07) is 8.43. The summed E-state index contributed by atoms with van der Waals surface area (Å²) < 4.78 is 5.44. The van der Waals surface area contributed by atoms with Gasteiger partial charge in [-0.2, -0.15) is 0 Å². The number of hydrogen-bond acceptors (Lipinski definition) is 4. The van der Waals surface area contributed by atoms with Crippen LogP contribution in [0.25, 0.3) is 0 Å². The molecule has 2 N–H and O–H groups in total. The zero-order valence-corrected chi connectivity index (χ0v) is 10.9. The molecule has 4 nitrogen and oxygen atoms in total. The van der Waals surface area contributed by atoms with E-state index in [4.69, 9.17) is 4.74 Å². The average Bonchev–Trinajstić information content (AvgIpc) is 2.65. The first-order valence-corrected chi connectivity index (χ1v) is 6.58. The Morgan fingerprint density at radius 3 is 3.06 bits per heavy atom. The van der Waals surface area contributed by atoms with Gasteiger partial charge in [0.1, 0.15) is 5.75 Å². The zero-order chi connectivity index (χ0) is 12.8. The summed E-state index contributed by atoms with van der Waals surface area (Å²) in [4.78, 5) is 2.36. The predicted molar refractivity (Wildman–Crippen MR) is 73.3 cm³/mol. The third-order valence-electron chi connectivity index (χ3n) is 3.43. The van der Waals surface area contributed by atoms with Crippen molar-refractivity contribution in [2.45, 2.75) is 18.9 Å². The number of aliphatic hydroxyl groups excluding tert-OH is 1. The number of para-hydroxylation sites is 2. The fourth-order valence-corrected chi connectivity index (χ4v) is 2.53. The van der Waals surface area contributed by atoms with Crippen molar-refractivity contribution in [1.29, 1.82) is 0 Å². The third kappa shape index (κ3) is 2.94. The normalized spacial score (nSPS) is 20.6. The van der Waals surface area contributed by atoms with Crippen molar-refractivity contribution in [3.05, 3.63) is 24.3 Å². The van der Waals surface area contributed by atoms with E-state index in [2.05, 4.69) is 16.3 Å². The molecule has 0 amide bonds. The molecule has 1 saturated heterocycles. The van der Waals surface area contributed by atoms with Gasteiger partial charge in [-0.3, -0.25) is 0 Å². The van der Waals surface area contributed by atoms with Crippen LogP contribution in [0.2, 0.25) is 0 Å². The van der Waals surface area contributed by atoms with Gasteiger partial charge in [0.15, 0.2) is 0 Å². The van der Waals surface area contributed by atoms with E-state index < -0.39 is 0 Å². The van der Waals surface area contributed by atoms with Gasteiger partial charge in [0.25, 0.3) is 0 Å². The second-order valence-electron chi connectivity index (χ2n) is 4.59. The van der Waals surface area contributed by atoms with Crippen molar-refractivity contribution in [1.82, 2.24) is 5.32 Å². The smallest absolute Gasteiger partial charge is 0.142 e. The molecule has 1 aliphatic rings. The van der Waals surface area contributed by atoms with Crippen LogP contribution in [-0.4, -0.2) is 44.5 Å². The summed E-state index contributed by atoms with van der Waals surface area (Å²) in [7, 11) is 1.70. The van der Waals surface area contributed by atoms with Gasteiger partial charge in [-0.15, -0.1) is 0 Å². The topological polar surface area (TPSA) is 44.7 Å². The van der Waals surface area contributed by atoms with E-state index in [1.165, 1.54) is 0 Å². The first-order valence-electron chi connectivity index (χ1n) is 6.58. The van der Waals surface area contributed by atoms with Crippen LogP contribution in [-0.2, 0) is 0 Å². The molecule has 0 aromatic heterocycles. The molecule has 100 valence electrons. The summed E-state index contributed by atoms with van der Waals surface area (Å²) in [5, 5.41) is 12.6. The molecule has 0 radical (unpaired) electrons. The highest BCUT2D eigenvalue weighted by atomic mass is 16.5. The Labute approximate surface area is 109 Å². The lowest BCUT2D eigenvalue weighted by Crippen LogP contribution is -2.40. The number of nitrogens with one attached hydrogen (secondary N) is 1. The molecule has 1 aliphatic heterocycles. The van der Waals surface area contributed by atoms with Crippen LogP contribution in [0.1, 0.15) is 12.8 Å². The summed E-state index contributed by atoms with van der Waals surface area (Å²) >= 11 is 0. The fraction of sp³-hybridized carbons (Fsp3) is 0.571. The highest BCUT2D eigenvalue weighted by molar-refractivity contribution is 5.59. The summed E-state index contributed by atoms with van der Waals surface area (Å²) in [5.74, 6) is 0.905.